The first-order chi connectivity index (χ1) is 29.5. The third-order valence-electron chi connectivity index (χ3n) is 11.2. The third kappa shape index (κ3) is 17.5. The van der Waals surface area contributed by atoms with Crippen molar-refractivity contribution >= 4 is 42.9 Å². The van der Waals surface area contributed by atoms with Gasteiger partial charge in [-0.3, -0.25) is 0 Å². The van der Waals surface area contributed by atoms with Gasteiger partial charge in [0.25, 0.3) is 0 Å². The Balaban J connectivity index is 1.68. The van der Waals surface area contributed by atoms with Gasteiger partial charge < -0.3 is 18.9 Å². The number of fused-ring (bicyclic) bond motifs is 1. The second-order valence-electron chi connectivity index (χ2n) is 16.4. The normalized spacial score (nSPS) is 11.4. The van der Waals surface area contributed by atoms with Crippen LogP contribution in [0.4, 0.5) is 0 Å². The molecular weight excluding hydrogens is 876 g/mol. The zero-order valence-corrected chi connectivity index (χ0v) is 40.9. The molecule has 1 aromatic heterocycles. The molecule has 1 heterocycles. The number of aromatic nitrogens is 2. The van der Waals surface area contributed by atoms with E-state index in [1.807, 2.05) is 12.1 Å². The molecule has 0 spiro atoms. The molecule has 0 atom stereocenters. The van der Waals surface area contributed by atoms with Crippen molar-refractivity contribution in [3.8, 4) is 45.5 Å². The van der Waals surface area contributed by atoms with E-state index in [0.717, 1.165) is 91.2 Å². The molecule has 0 amide bonds. The summed E-state index contributed by atoms with van der Waals surface area (Å²) < 4.78 is 27.8. The van der Waals surface area contributed by atoms with E-state index in [1.54, 1.807) is 0 Å². The number of benzene rings is 3. The molecule has 4 aromatic rings. The number of rotatable bonds is 34. The van der Waals surface area contributed by atoms with Crippen LogP contribution < -0.4 is 18.9 Å². The standard InChI is InChI=1S/C52H76Br2N2O4/c1-5-9-13-17-21-25-35-57-45-33-29-41(39-47(45)59-37-27-23-19-15-11-7-3)49-50(56-52-44(54)32-31-43(53)51(52)55-49)42-30-34-46(58-36-26-22-18-14-10-6-2)48(40-42)60-38-28-24-20-16-12-8-4/h29-34,39-40H,5-28,35-38H2,1-4H3. The van der Waals surface area contributed by atoms with Crippen molar-refractivity contribution in [2.45, 2.75) is 182 Å². The summed E-state index contributed by atoms with van der Waals surface area (Å²) in [6, 6.07) is 16.6. The molecule has 6 nitrogen and oxygen atoms in total. The molecule has 8 heteroatoms. The average Bonchev–Trinajstić information content (AvgIpc) is 3.26. The molecule has 0 aliphatic carbocycles. The molecule has 4 rings (SSSR count). The lowest BCUT2D eigenvalue weighted by Crippen LogP contribution is -2.04. The van der Waals surface area contributed by atoms with E-state index in [0.29, 0.717) is 26.4 Å². The van der Waals surface area contributed by atoms with Crippen LogP contribution in [0.2, 0.25) is 0 Å². The fraction of sp³-hybridized carbons (Fsp3) is 0.615. The van der Waals surface area contributed by atoms with Gasteiger partial charge in [0.1, 0.15) is 11.0 Å². The van der Waals surface area contributed by atoms with E-state index in [2.05, 4.69) is 96.0 Å². The fourth-order valence-electron chi connectivity index (χ4n) is 7.51. The van der Waals surface area contributed by atoms with E-state index >= 15 is 0 Å². The molecule has 0 saturated carbocycles. The van der Waals surface area contributed by atoms with Crippen molar-refractivity contribution in [2.24, 2.45) is 0 Å². The Morgan fingerprint density at radius 2 is 0.633 bits per heavy atom. The van der Waals surface area contributed by atoms with Crippen molar-refractivity contribution in [3.63, 3.8) is 0 Å². The zero-order valence-electron chi connectivity index (χ0n) is 37.7. The predicted molar refractivity (Wildman–Crippen MR) is 261 cm³/mol. The Morgan fingerprint density at radius 3 is 0.950 bits per heavy atom. The summed E-state index contributed by atoms with van der Waals surface area (Å²) in [5, 5.41) is 0. The maximum absolute atomic E-state index is 6.56. The van der Waals surface area contributed by atoms with Gasteiger partial charge in [0.2, 0.25) is 0 Å². The van der Waals surface area contributed by atoms with Crippen molar-refractivity contribution in [1.29, 1.82) is 0 Å². The van der Waals surface area contributed by atoms with Gasteiger partial charge >= 0.3 is 0 Å². The highest BCUT2D eigenvalue weighted by Crippen LogP contribution is 2.41. The second kappa shape index (κ2) is 30.2. The second-order valence-corrected chi connectivity index (χ2v) is 18.1. The molecule has 0 bridgehead atoms. The van der Waals surface area contributed by atoms with Crippen LogP contribution in [0.1, 0.15) is 182 Å². The highest BCUT2D eigenvalue weighted by atomic mass is 79.9. The molecular formula is C52H76Br2N2O4. The first kappa shape index (κ1) is 49.8. The van der Waals surface area contributed by atoms with Crippen LogP contribution in [-0.4, -0.2) is 36.4 Å². The summed E-state index contributed by atoms with van der Waals surface area (Å²) in [5.74, 6) is 3.09. The molecule has 0 N–H and O–H groups in total. The molecule has 3 aromatic carbocycles. The Kier molecular flexibility index (Phi) is 25.1. The molecule has 0 fully saturated rings. The van der Waals surface area contributed by atoms with Crippen molar-refractivity contribution < 1.29 is 18.9 Å². The van der Waals surface area contributed by atoms with Gasteiger partial charge in [0.15, 0.2) is 23.0 Å². The highest BCUT2D eigenvalue weighted by Gasteiger charge is 2.20. The van der Waals surface area contributed by atoms with E-state index < -0.39 is 0 Å². The molecule has 332 valence electrons. The van der Waals surface area contributed by atoms with Gasteiger partial charge in [-0.05, 0) is 106 Å². The van der Waals surface area contributed by atoms with Gasteiger partial charge in [0.05, 0.1) is 37.8 Å². The SMILES string of the molecule is CCCCCCCCOc1ccc(-c2nc3c(Br)ccc(Br)c3nc2-c2ccc(OCCCCCCCC)c(OCCCCCCCC)c2)cc1OCCCCCCCC. The zero-order chi connectivity index (χ0) is 42.6. The van der Waals surface area contributed by atoms with Crippen LogP contribution in [0.15, 0.2) is 57.5 Å². The fourth-order valence-corrected chi connectivity index (χ4v) is 8.33. The largest absolute Gasteiger partial charge is 0.490 e. The monoisotopic (exact) mass is 950 g/mol. The van der Waals surface area contributed by atoms with E-state index in [9.17, 15) is 0 Å². The van der Waals surface area contributed by atoms with Crippen LogP contribution in [0, 0.1) is 0 Å². The molecule has 0 saturated heterocycles. The lowest BCUT2D eigenvalue weighted by atomic mass is 10.0. The van der Waals surface area contributed by atoms with E-state index in [1.165, 1.54) is 128 Å². The molecule has 0 aliphatic heterocycles. The number of nitrogens with zero attached hydrogens (tertiary/aromatic N) is 2. The highest BCUT2D eigenvalue weighted by molar-refractivity contribution is 9.11. The Hall–Kier alpha value is -2.84. The van der Waals surface area contributed by atoms with Gasteiger partial charge in [0, 0.05) is 20.1 Å². The lowest BCUT2D eigenvalue weighted by molar-refractivity contribution is 0.258. The Bertz CT molecular complexity index is 1660. The summed E-state index contributed by atoms with van der Waals surface area (Å²) in [6.07, 6.45) is 29.1. The molecule has 60 heavy (non-hydrogen) atoms. The summed E-state index contributed by atoms with van der Waals surface area (Å²) >= 11 is 7.57. The first-order valence-corrected chi connectivity index (χ1v) is 25.5. The minimum Gasteiger partial charge on any atom is -0.490 e. The minimum absolute atomic E-state index is 0.650. The number of hydrogen-bond acceptors (Lipinski definition) is 6. The lowest BCUT2D eigenvalue weighted by Gasteiger charge is -2.18. The van der Waals surface area contributed by atoms with Crippen LogP contribution in [0.3, 0.4) is 0 Å². The molecule has 0 unspecified atom stereocenters. The minimum atomic E-state index is 0.650. The van der Waals surface area contributed by atoms with Gasteiger partial charge in [-0.25, -0.2) is 9.97 Å². The number of halogens is 2. The van der Waals surface area contributed by atoms with Gasteiger partial charge in [-0.15, -0.1) is 0 Å². The smallest absolute Gasteiger partial charge is 0.161 e. The molecule has 0 aliphatic rings. The number of hydrogen-bond donors (Lipinski definition) is 0. The van der Waals surface area contributed by atoms with Crippen molar-refractivity contribution in [3.05, 3.63) is 57.5 Å². The molecule has 0 radical (unpaired) electrons. The average molecular weight is 953 g/mol. The van der Waals surface area contributed by atoms with Crippen LogP contribution in [0.25, 0.3) is 33.5 Å². The Labute approximate surface area is 381 Å². The number of unbranched alkanes of at least 4 members (excludes halogenated alkanes) is 20. The summed E-state index contributed by atoms with van der Waals surface area (Å²) in [5.41, 5.74) is 4.98. The topological polar surface area (TPSA) is 62.7 Å². The quantitative estimate of drug-likeness (QED) is 0.0435. The predicted octanol–water partition coefficient (Wildman–Crippen LogP) is 17.4. The maximum Gasteiger partial charge on any atom is 0.161 e. The van der Waals surface area contributed by atoms with Crippen molar-refractivity contribution in [1.82, 2.24) is 9.97 Å². The number of ether oxygens (including phenoxy) is 4. The van der Waals surface area contributed by atoms with Gasteiger partial charge in [-0.2, -0.15) is 0 Å². The summed E-state index contributed by atoms with van der Waals surface area (Å²) in [7, 11) is 0. The van der Waals surface area contributed by atoms with Crippen LogP contribution >= 0.6 is 31.9 Å². The third-order valence-corrected chi connectivity index (χ3v) is 12.5. The maximum atomic E-state index is 6.56. The summed E-state index contributed by atoms with van der Waals surface area (Å²) in [6.45, 7) is 11.7. The summed E-state index contributed by atoms with van der Waals surface area (Å²) in [4.78, 5) is 10.7. The van der Waals surface area contributed by atoms with Crippen LogP contribution in [-0.2, 0) is 0 Å². The van der Waals surface area contributed by atoms with Crippen LogP contribution in [0.5, 0.6) is 23.0 Å². The van der Waals surface area contributed by atoms with E-state index in [-0.39, 0.29) is 0 Å². The van der Waals surface area contributed by atoms with Gasteiger partial charge in [-0.1, -0.05) is 156 Å². The van der Waals surface area contributed by atoms with Crippen molar-refractivity contribution in [2.75, 3.05) is 26.4 Å². The van der Waals surface area contributed by atoms with E-state index in [4.69, 9.17) is 28.9 Å². The Morgan fingerprint density at radius 1 is 0.350 bits per heavy atom. The first-order valence-electron chi connectivity index (χ1n) is 24.0.